The summed E-state index contributed by atoms with van der Waals surface area (Å²) in [6.45, 7) is 0. The standard InChI is InChI=1S/C11H12N2O4S/c1-17-11(16)9(15)13-10-7(8(12)14)5-3-2-4-6(5)18-10/h2-4H2,1H3,(H2,12,14)(H,13,15). The Bertz CT molecular complexity index is 535. The number of carbonyl (C=O) groups excluding carboxylic acids is 3. The lowest BCUT2D eigenvalue weighted by Gasteiger charge is -2.04. The quantitative estimate of drug-likeness (QED) is 0.601. The zero-order valence-corrected chi connectivity index (χ0v) is 10.6. The molecule has 2 amide bonds. The van der Waals surface area contributed by atoms with Crippen molar-refractivity contribution in [2.75, 3.05) is 12.4 Å². The van der Waals surface area contributed by atoms with Crippen molar-refractivity contribution in [2.45, 2.75) is 19.3 Å². The molecule has 0 atom stereocenters. The highest BCUT2D eigenvalue weighted by atomic mass is 32.1. The second-order valence-corrected chi connectivity index (χ2v) is 4.98. The topological polar surface area (TPSA) is 98.5 Å². The van der Waals surface area contributed by atoms with Gasteiger partial charge < -0.3 is 15.8 Å². The first-order valence-corrected chi connectivity index (χ1v) is 6.20. The van der Waals surface area contributed by atoms with Crippen LogP contribution in [0.5, 0.6) is 0 Å². The van der Waals surface area contributed by atoms with Crippen molar-refractivity contribution in [1.82, 2.24) is 0 Å². The number of thiophene rings is 1. The van der Waals surface area contributed by atoms with Gasteiger partial charge in [-0.25, -0.2) is 4.79 Å². The Morgan fingerprint density at radius 1 is 1.33 bits per heavy atom. The number of hydrogen-bond acceptors (Lipinski definition) is 5. The van der Waals surface area contributed by atoms with E-state index >= 15 is 0 Å². The molecule has 6 nitrogen and oxygen atoms in total. The van der Waals surface area contributed by atoms with Crippen LogP contribution in [0.3, 0.4) is 0 Å². The van der Waals surface area contributed by atoms with Gasteiger partial charge in [-0.1, -0.05) is 0 Å². The van der Waals surface area contributed by atoms with E-state index in [-0.39, 0.29) is 0 Å². The number of primary amides is 1. The predicted octanol–water partition coefficient (Wildman–Crippen LogP) is 0.447. The first kappa shape index (κ1) is 12.6. The predicted molar refractivity (Wildman–Crippen MR) is 65.5 cm³/mol. The van der Waals surface area contributed by atoms with Gasteiger partial charge >= 0.3 is 11.9 Å². The summed E-state index contributed by atoms with van der Waals surface area (Å²) in [5.41, 5.74) is 6.54. The van der Waals surface area contributed by atoms with Crippen molar-refractivity contribution in [3.05, 3.63) is 16.0 Å². The number of aryl methyl sites for hydroxylation is 1. The molecule has 0 aliphatic heterocycles. The molecule has 0 spiro atoms. The van der Waals surface area contributed by atoms with E-state index in [0.29, 0.717) is 10.6 Å². The molecular weight excluding hydrogens is 256 g/mol. The van der Waals surface area contributed by atoms with Crippen LogP contribution >= 0.6 is 11.3 Å². The highest BCUT2D eigenvalue weighted by molar-refractivity contribution is 7.17. The summed E-state index contributed by atoms with van der Waals surface area (Å²) in [5, 5.41) is 2.71. The second kappa shape index (κ2) is 4.77. The normalized spacial score (nSPS) is 12.9. The number of nitrogens with one attached hydrogen (secondary N) is 1. The van der Waals surface area contributed by atoms with E-state index in [1.54, 1.807) is 0 Å². The molecule has 1 aromatic rings. The van der Waals surface area contributed by atoms with Crippen LogP contribution < -0.4 is 11.1 Å². The molecule has 1 aromatic heterocycles. The van der Waals surface area contributed by atoms with Gasteiger partial charge in [0.25, 0.3) is 5.91 Å². The molecule has 1 aliphatic carbocycles. The van der Waals surface area contributed by atoms with E-state index in [9.17, 15) is 14.4 Å². The monoisotopic (exact) mass is 268 g/mol. The Hall–Kier alpha value is -1.89. The molecular formula is C11H12N2O4S. The fourth-order valence-corrected chi connectivity index (χ4v) is 3.29. The molecule has 0 aromatic carbocycles. The summed E-state index contributed by atoms with van der Waals surface area (Å²) in [6, 6.07) is 0. The van der Waals surface area contributed by atoms with Gasteiger partial charge in [0.1, 0.15) is 5.00 Å². The van der Waals surface area contributed by atoms with Crippen LogP contribution in [0.25, 0.3) is 0 Å². The van der Waals surface area contributed by atoms with Crippen LogP contribution in [0.4, 0.5) is 5.00 Å². The van der Waals surface area contributed by atoms with Crippen molar-refractivity contribution in [3.63, 3.8) is 0 Å². The van der Waals surface area contributed by atoms with Gasteiger partial charge in [-0.05, 0) is 24.8 Å². The van der Waals surface area contributed by atoms with E-state index in [4.69, 9.17) is 5.73 Å². The second-order valence-electron chi connectivity index (χ2n) is 3.87. The van der Waals surface area contributed by atoms with E-state index in [2.05, 4.69) is 10.1 Å². The van der Waals surface area contributed by atoms with Crippen molar-refractivity contribution in [1.29, 1.82) is 0 Å². The lowest BCUT2D eigenvalue weighted by molar-refractivity contribution is -0.150. The van der Waals surface area contributed by atoms with Gasteiger partial charge in [0.2, 0.25) is 0 Å². The Balaban J connectivity index is 2.31. The molecule has 0 bridgehead atoms. The number of rotatable bonds is 2. The van der Waals surface area contributed by atoms with Crippen LogP contribution in [-0.2, 0) is 27.2 Å². The van der Waals surface area contributed by atoms with E-state index < -0.39 is 17.8 Å². The number of ether oxygens (including phenoxy) is 1. The van der Waals surface area contributed by atoms with E-state index in [1.807, 2.05) is 0 Å². The number of methoxy groups -OCH3 is 1. The Kier molecular flexibility index (Phi) is 3.33. The smallest absolute Gasteiger partial charge is 0.396 e. The molecule has 1 aliphatic rings. The summed E-state index contributed by atoms with van der Waals surface area (Å²) in [5.74, 6) is -2.49. The van der Waals surface area contributed by atoms with Gasteiger partial charge in [-0.2, -0.15) is 0 Å². The minimum atomic E-state index is -1.00. The van der Waals surface area contributed by atoms with Gasteiger partial charge in [0.15, 0.2) is 0 Å². The largest absolute Gasteiger partial charge is 0.462 e. The maximum Gasteiger partial charge on any atom is 0.396 e. The van der Waals surface area contributed by atoms with Gasteiger partial charge in [-0.3, -0.25) is 9.59 Å². The van der Waals surface area contributed by atoms with E-state index in [0.717, 1.165) is 36.8 Å². The molecule has 0 saturated carbocycles. The highest BCUT2D eigenvalue weighted by Gasteiger charge is 2.27. The first-order valence-electron chi connectivity index (χ1n) is 5.38. The third-order valence-electron chi connectivity index (χ3n) is 2.77. The van der Waals surface area contributed by atoms with Crippen LogP contribution in [0.15, 0.2) is 0 Å². The molecule has 0 saturated heterocycles. The molecule has 0 unspecified atom stereocenters. The van der Waals surface area contributed by atoms with E-state index in [1.165, 1.54) is 11.3 Å². The van der Waals surface area contributed by atoms with Crippen molar-refractivity contribution in [2.24, 2.45) is 5.73 Å². The SMILES string of the molecule is COC(=O)C(=O)Nc1sc2c(c1C(N)=O)CCC2. The van der Waals surface area contributed by atoms with Crippen LogP contribution in [0.1, 0.15) is 27.2 Å². The van der Waals surface area contributed by atoms with Crippen LogP contribution in [0, 0.1) is 0 Å². The third kappa shape index (κ3) is 2.08. The minimum absolute atomic E-state index is 0.324. The number of nitrogens with two attached hydrogens (primary N) is 1. The molecule has 3 N–H and O–H groups in total. The summed E-state index contributed by atoms with van der Waals surface area (Å²) in [6.07, 6.45) is 2.62. The zero-order chi connectivity index (χ0) is 13.3. The fourth-order valence-electron chi connectivity index (χ4n) is 2.00. The maximum atomic E-state index is 11.4. The third-order valence-corrected chi connectivity index (χ3v) is 3.97. The minimum Gasteiger partial charge on any atom is -0.462 e. The molecule has 1 heterocycles. The number of carbonyl (C=O) groups is 3. The van der Waals surface area contributed by atoms with Gasteiger partial charge in [0, 0.05) is 4.88 Å². The van der Waals surface area contributed by atoms with Crippen LogP contribution in [0.2, 0.25) is 0 Å². The maximum absolute atomic E-state index is 11.4. The number of amides is 2. The number of fused-ring (bicyclic) bond motifs is 1. The van der Waals surface area contributed by atoms with Gasteiger partial charge in [0.05, 0.1) is 12.7 Å². The van der Waals surface area contributed by atoms with Crippen LogP contribution in [-0.4, -0.2) is 24.9 Å². The van der Waals surface area contributed by atoms with Crippen molar-refractivity contribution in [3.8, 4) is 0 Å². The van der Waals surface area contributed by atoms with Crippen molar-refractivity contribution >= 4 is 34.1 Å². The number of anilines is 1. The lowest BCUT2D eigenvalue weighted by Crippen LogP contribution is -2.25. The molecule has 7 heteroatoms. The summed E-state index contributed by atoms with van der Waals surface area (Å²) >= 11 is 1.29. The zero-order valence-electron chi connectivity index (χ0n) is 9.74. The average molecular weight is 268 g/mol. The molecule has 96 valence electrons. The number of hydrogen-bond donors (Lipinski definition) is 2. The van der Waals surface area contributed by atoms with Crippen molar-refractivity contribution < 1.29 is 19.1 Å². The summed E-state index contributed by atoms with van der Waals surface area (Å²) in [4.78, 5) is 34.9. The Morgan fingerprint density at radius 2 is 2.06 bits per heavy atom. The molecule has 2 rings (SSSR count). The summed E-state index contributed by atoms with van der Waals surface area (Å²) in [7, 11) is 1.12. The number of esters is 1. The molecule has 0 radical (unpaired) electrons. The average Bonchev–Trinajstić information content (AvgIpc) is 2.86. The first-order chi connectivity index (χ1) is 8.54. The molecule has 0 fully saturated rings. The summed E-state index contributed by atoms with van der Waals surface area (Å²) < 4.78 is 4.30. The Labute approximate surface area is 107 Å². The van der Waals surface area contributed by atoms with Gasteiger partial charge in [-0.15, -0.1) is 11.3 Å². The Morgan fingerprint density at radius 3 is 2.67 bits per heavy atom. The molecule has 18 heavy (non-hydrogen) atoms. The highest BCUT2D eigenvalue weighted by Crippen LogP contribution is 2.38. The lowest BCUT2D eigenvalue weighted by atomic mass is 10.1. The fraction of sp³-hybridized carbons (Fsp3) is 0.364.